The summed E-state index contributed by atoms with van der Waals surface area (Å²) >= 11 is 2.22. The molecule has 5 nitrogen and oxygen atoms in total. The maximum atomic E-state index is 11.7. The van der Waals surface area contributed by atoms with Gasteiger partial charge in [0.1, 0.15) is 5.52 Å². The van der Waals surface area contributed by atoms with Gasteiger partial charge in [0.05, 0.1) is 23.5 Å². The average Bonchev–Trinajstić information content (AvgIpc) is 2.71. The highest BCUT2D eigenvalue weighted by Gasteiger charge is 2.10. The van der Waals surface area contributed by atoms with Crippen LogP contribution in [0.5, 0.6) is 17.2 Å². The fourth-order valence-electron chi connectivity index (χ4n) is 2.72. The topological polar surface area (TPSA) is 57.7 Å². The molecule has 144 valence electrons. The maximum Gasteiger partial charge on any atom is 0.310 e. The van der Waals surface area contributed by atoms with E-state index in [-0.39, 0.29) is 5.97 Å². The Morgan fingerprint density at radius 3 is 2.61 bits per heavy atom. The zero-order chi connectivity index (χ0) is 20.1. The minimum atomic E-state index is -0.282. The first-order chi connectivity index (χ1) is 13.5. The van der Waals surface area contributed by atoms with Crippen molar-refractivity contribution in [2.75, 3.05) is 14.2 Å². The lowest BCUT2D eigenvalue weighted by Crippen LogP contribution is -2.06. The first kappa shape index (κ1) is 20.1. The lowest BCUT2D eigenvalue weighted by molar-refractivity contribution is -0.133. The molecule has 0 fully saturated rings. The fraction of sp³-hybridized carbons (Fsp3) is 0.182. The highest BCUT2D eigenvalue weighted by Crippen LogP contribution is 2.34. The lowest BCUT2D eigenvalue weighted by atomic mass is 10.1. The standard InChI is InChI=1S/C22H20INO4/c1-4-20(25)28-18-7-5-6-15-9-11-16(24-21(15)18)10-8-14-12-17(23)22(27-3)19(13-14)26-2/h5-13H,4H2,1-3H3. The van der Waals surface area contributed by atoms with Gasteiger partial charge in [-0.3, -0.25) is 4.79 Å². The molecule has 0 spiro atoms. The van der Waals surface area contributed by atoms with E-state index in [4.69, 9.17) is 14.2 Å². The largest absolute Gasteiger partial charge is 0.493 e. The summed E-state index contributed by atoms with van der Waals surface area (Å²) in [7, 11) is 3.24. The minimum absolute atomic E-state index is 0.282. The number of hydrogen-bond donors (Lipinski definition) is 0. The Kier molecular flexibility index (Phi) is 6.51. The van der Waals surface area contributed by atoms with Crippen molar-refractivity contribution in [2.24, 2.45) is 0 Å². The molecule has 0 radical (unpaired) electrons. The van der Waals surface area contributed by atoms with Crippen LogP contribution in [0, 0.1) is 3.57 Å². The number of aromatic nitrogens is 1. The van der Waals surface area contributed by atoms with E-state index < -0.39 is 0 Å². The SMILES string of the molecule is CCC(=O)Oc1cccc2ccc(C=Cc3cc(I)c(OC)c(OC)c3)nc12. The molecule has 0 amide bonds. The Morgan fingerprint density at radius 1 is 1.07 bits per heavy atom. The second-order valence-electron chi connectivity index (χ2n) is 5.96. The molecule has 1 heterocycles. The summed E-state index contributed by atoms with van der Waals surface area (Å²) in [6, 6.07) is 13.4. The predicted octanol–water partition coefficient (Wildman–Crippen LogP) is 5.34. The first-order valence-corrected chi connectivity index (χ1v) is 9.83. The number of nitrogens with zero attached hydrogens (tertiary/aromatic N) is 1. The highest BCUT2D eigenvalue weighted by atomic mass is 127. The van der Waals surface area contributed by atoms with Gasteiger partial charge in [-0.15, -0.1) is 0 Å². The lowest BCUT2D eigenvalue weighted by Gasteiger charge is -2.10. The second kappa shape index (κ2) is 9.05. The number of fused-ring (bicyclic) bond motifs is 1. The molecule has 0 atom stereocenters. The number of pyridine rings is 1. The molecule has 0 saturated carbocycles. The van der Waals surface area contributed by atoms with Crippen molar-refractivity contribution >= 4 is 51.6 Å². The Balaban J connectivity index is 1.95. The van der Waals surface area contributed by atoms with Gasteiger partial charge >= 0.3 is 5.97 Å². The molecule has 0 aliphatic carbocycles. The van der Waals surface area contributed by atoms with E-state index in [1.54, 1.807) is 27.2 Å². The van der Waals surface area contributed by atoms with E-state index in [1.165, 1.54) is 0 Å². The number of para-hydroxylation sites is 1. The van der Waals surface area contributed by atoms with Crippen LogP contribution in [0.25, 0.3) is 23.1 Å². The van der Waals surface area contributed by atoms with Gasteiger partial charge in [-0.05, 0) is 58.5 Å². The summed E-state index contributed by atoms with van der Waals surface area (Å²) in [6.07, 6.45) is 4.18. The van der Waals surface area contributed by atoms with E-state index in [9.17, 15) is 4.79 Å². The van der Waals surface area contributed by atoms with Crippen LogP contribution in [0.1, 0.15) is 24.6 Å². The Hall–Kier alpha value is -2.61. The quantitative estimate of drug-likeness (QED) is 0.266. The van der Waals surface area contributed by atoms with Crippen LogP contribution >= 0.6 is 22.6 Å². The second-order valence-corrected chi connectivity index (χ2v) is 7.13. The van der Waals surface area contributed by atoms with Gasteiger partial charge < -0.3 is 14.2 Å². The van der Waals surface area contributed by atoms with E-state index in [2.05, 4.69) is 27.6 Å². The van der Waals surface area contributed by atoms with Crippen LogP contribution in [0.2, 0.25) is 0 Å². The van der Waals surface area contributed by atoms with Gasteiger partial charge in [0.2, 0.25) is 0 Å². The summed E-state index contributed by atoms with van der Waals surface area (Å²) in [4.78, 5) is 16.3. The molecule has 0 aliphatic rings. The van der Waals surface area contributed by atoms with E-state index in [1.807, 2.05) is 48.6 Å². The Bertz CT molecular complexity index is 1050. The van der Waals surface area contributed by atoms with Crippen LogP contribution < -0.4 is 14.2 Å². The molecular formula is C22H20INO4. The normalized spacial score (nSPS) is 11.0. The van der Waals surface area contributed by atoms with Crippen LogP contribution in [0.4, 0.5) is 0 Å². The van der Waals surface area contributed by atoms with Crippen LogP contribution in [0.15, 0.2) is 42.5 Å². The van der Waals surface area contributed by atoms with Gasteiger partial charge in [0.25, 0.3) is 0 Å². The number of halogens is 1. The summed E-state index contributed by atoms with van der Waals surface area (Å²) in [5, 5.41) is 0.916. The van der Waals surface area contributed by atoms with Gasteiger partial charge in [0, 0.05) is 11.8 Å². The van der Waals surface area contributed by atoms with Crippen molar-refractivity contribution < 1.29 is 19.0 Å². The Labute approximate surface area is 177 Å². The number of ether oxygens (including phenoxy) is 3. The zero-order valence-corrected chi connectivity index (χ0v) is 18.0. The third-order valence-electron chi connectivity index (χ3n) is 4.12. The molecular weight excluding hydrogens is 469 g/mol. The number of methoxy groups -OCH3 is 2. The van der Waals surface area contributed by atoms with E-state index in [0.717, 1.165) is 20.2 Å². The monoisotopic (exact) mass is 489 g/mol. The van der Waals surface area contributed by atoms with Crippen molar-refractivity contribution in [2.45, 2.75) is 13.3 Å². The van der Waals surface area contributed by atoms with Crippen molar-refractivity contribution in [3.8, 4) is 17.2 Å². The smallest absolute Gasteiger partial charge is 0.310 e. The maximum absolute atomic E-state index is 11.7. The van der Waals surface area contributed by atoms with Crippen LogP contribution in [-0.4, -0.2) is 25.2 Å². The van der Waals surface area contributed by atoms with Gasteiger partial charge in [-0.25, -0.2) is 4.98 Å². The molecule has 0 saturated heterocycles. The van der Waals surface area contributed by atoms with E-state index in [0.29, 0.717) is 29.2 Å². The molecule has 28 heavy (non-hydrogen) atoms. The summed E-state index contributed by atoms with van der Waals surface area (Å²) < 4.78 is 17.1. The number of carbonyl (C=O) groups is 1. The van der Waals surface area contributed by atoms with Gasteiger partial charge in [-0.1, -0.05) is 31.2 Å². The molecule has 3 rings (SSSR count). The molecule has 3 aromatic rings. The Morgan fingerprint density at radius 2 is 1.89 bits per heavy atom. The number of hydrogen-bond acceptors (Lipinski definition) is 5. The average molecular weight is 489 g/mol. The molecule has 0 bridgehead atoms. The van der Waals surface area contributed by atoms with Gasteiger partial charge in [-0.2, -0.15) is 0 Å². The van der Waals surface area contributed by atoms with Crippen molar-refractivity contribution in [1.82, 2.24) is 4.98 Å². The number of carbonyl (C=O) groups excluding carboxylic acids is 1. The third kappa shape index (κ3) is 4.44. The molecule has 0 unspecified atom stereocenters. The minimum Gasteiger partial charge on any atom is -0.493 e. The molecule has 2 aromatic carbocycles. The number of benzene rings is 2. The highest BCUT2D eigenvalue weighted by molar-refractivity contribution is 14.1. The molecule has 6 heteroatoms. The van der Waals surface area contributed by atoms with Crippen molar-refractivity contribution in [3.63, 3.8) is 0 Å². The van der Waals surface area contributed by atoms with Crippen LogP contribution in [0.3, 0.4) is 0 Å². The zero-order valence-electron chi connectivity index (χ0n) is 15.9. The number of esters is 1. The molecule has 0 N–H and O–H groups in total. The van der Waals surface area contributed by atoms with Crippen molar-refractivity contribution in [1.29, 1.82) is 0 Å². The van der Waals surface area contributed by atoms with Crippen molar-refractivity contribution in [3.05, 3.63) is 57.3 Å². The van der Waals surface area contributed by atoms with E-state index >= 15 is 0 Å². The predicted molar refractivity (Wildman–Crippen MR) is 119 cm³/mol. The molecule has 0 aliphatic heterocycles. The third-order valence-corrected chi connectivity index (χ3v) is 4.92. The molecule has 1 aromatic heterocycles. The van der Waals surface area contributed by atoms with Gasteiger partial charge in [0.15, 0.2) is 17.2 Å². The summed E-state index contributed by atoms with van der Waals surface area (Å²) in [5.41, 5.74) is 2.39. The van der Waals surface area contributed by atoms with Crippen LogP contribution in [-0.2, 0) is 4.79 Å². The summed E-state index contributed by atoms with van der Waals surface area (Å²) in [6.45, 7) is 1.76. The summed E-state index contributed by atoms with van der Waals surface area (Å²) in [5.74, 6) is 1.58. The number of rotatable bonds is 6. The fourth-order valence-corrected chi connectivity index (χ4v) is 3.57. The first-order valence-electron chi connectivity index (χ1n) is 8.75.